The molecule has 0 aliphatic rings. The molecule has 0 amide bonds. The van der Waals surface area contributed by atoms with Crippen LogP contribution >= 0.6 is 0 Å². The van der Waals surface area contributed by atoms with Crippen molar-refractivity contribution < 1.29 is 24.4 Å². The topological polar surface area (TPSA) is 68.2 Å². The third-order valence-corrected chi connectivity index (χ3v) is 3.03. The van der Waals surface area contributed by atoms with Crippen molar-refractivity contribution in [2.45, 2.75) is 32.5 Å². The second-order valence-electron chi connectivity index (χ2n) is 4.88. The lowest BCUT2D eigenvalue weighted by Gasteiger charge is -2.31. The number of hydrogen-bond acceptors (Lipinski definition) is 5. The van der Waals surface area contributed by atoms with Gasteiger partial charge in [-0.1, -0.05) is 0 Å². The zero-order valence-corrected chi connectivity index (χ0v) is 12.1. The number of aliphatic hydroxyl groups excluding tert-OH is 2. The van der Waals surface area contributed by atoms with Crippen LogP contribution in [0.3, 0.4) is 0 Å². The molecule has 0 bridgehead atoms. The van der Waals surface area contributed by atoms with Crippen LogP contribution < -0.4 is 14.2 Å². The molecule has 0 radical (unpaired) electrons. The van der Waals surface area contributed by atoms with E-state index in [1.807, 2.05) is 6.92 Å². The quantitative estimate of drug-likeness (QED) is 0.820. The van der Waals surface area contributed by atoms with E-state index in [1.54, 1.807) is 40.2 Å². The Labute approximate surface area is 113 Å². The molecule has 1 aromatic rings. The van der Waals surface area contributed by atoms with Crippen molar-refractivity contribution in [3.05, 3.63) is 17.7 Å². The van der Waals surface area contributed by atoms with Gasteiger partial charge in [0.1, 0.15) is 17.5 Å². The van der Waals surface area contributed by atoms with Crippen molar-refractivity contribution in [1.29, 1.82) is 0 Å². The molecule has 108 valence electrons. The van der Waals surface area contributed by atoms with Gasteiger partial charge in [-0.2, -0.15) is 0 Å². The van der Waals surface area contributed by atoms with Gasteiger partial charge in [-0.05, 0) is 32.4 Å². The Bertz CT molecular complexity index is 428. The Morgan fingerprint density at radius 1 is 1.11 bits per heavy atom. The lowest BCUT2D eigenvalue weighted by atomic mass is 10.0. The zero-order chi connectivity index (χ0) is 14.6. The van der Waals surface area contributed by atoms with Gasteiger partial charge in [0.05, 0.1) is 20.8 Å². The lowest BCUT2D eigenvalue weighted by molar-refractivity contribution is -0.0552. The van der Waals surface area contributed by atoms with Gasteiger partial charge in [0.2, 0.25) is 0 Å². The highest BCUT2D eigenvalue weighted by Crippen LogP contribution is 2.36. The summed E-state index contributed by atoms with van der Waals surface area (Å²) in [5.41, 5.74) is -0.0188. The molecule has 1 aromatic carbocycles. The van der Waals surface area contributed by atoms with Gasteiger partial charge < -0.3 is 24.4 Å². The Hall–Kier alpha value is -1.46. The molecule has 5 heteroatoms. The summed E-state index contributed by atoms with van der Waals surface area (Å²) in [6.07, 6.45) is -0.996. The third-order valence-electron chi connectivity index (χ3n) is 3.03. The van der Waals surface area contributed by atoms with Crippen molar-refractivity contribution in [1.82, 2.24) is 0 Å². The highest BCUT2D eigenvalue weighted by Gasteiger charge is 2.30. The van der Waals surface area contributed by atoms with E-state index in [0.717, 1.165) is 5.56 Å². The average Bonchev–Trinajstić information content (AvgIpc) is 2.38. The normalized spacial score (nSPS) is 13.0. The van der Waals surface area contributed by atoms with Crippen LogP contribution in [0.15, 0.2) is 12.1 Å². The summed E-state index contributed by atoms with van der Waals surface area (Å²) in [7, 11) is 3.12. The largest absolute Gasteiger partial charge is 0.496 e. The summed E-state index contributed by atoms with van der Waals surface area (Å²) >= 11 is 0. The van der Waals surface area contributed by atoms with E-state index in [4.69, 9.17) is 19.3 Å². The molecular formula is C14H22O5. The van der Waals surface area contributed by atoms with Gasteiger partial charge >= 0.3 is 0 Å². The van der Waals surface area contributed by atoms with Gasteiger partial charge in [-0.15, -0.1) is 0 Å². The fourth-order valence-electron chi connectivity index (χ4n) is 1.67. The second kappa shape index (κ2) is 6.12. The Morgan fingerprint density at radius 3 is 2.16 bits per heavy atom. The minimum Gasteiger partial charge on any atom is -0.496 e. The average molecular weight is 270 g/mol. The second-order valence-corrected chi connectivity index (χ2v) is 4.88. The number of methoxy groups -OCH3 is 2. The number of rotatable bonds is 6. The van der Waals surface area contributed by atoms with E-state index < -0.39 is 11.7 Å². The van der Waals surface area contributed by atoms with E-state index in [2.05, 4.69) is 0 Å². The standard InChI is InChI=1S/C14H22O5/c1-9-6-11(18-5)12(7-10(9)17-4)19-14(2,3)13(16)8-15/h6-7,13,15-16H,8H2,1-5H3/t13-/m0/s1. The van der Waals surface area contributed by atoms with Gasteiger partial charge in [0, 0.05) is 6.07 Å². The van der Waals surface area contributed by atoms with Crippen molar-refractivity contribution in [3.8, 4) is 17.2 Å². The van der Waals surface area contributed by atoms with Gasteiger partial charge in [0.15, 0.2) is 11.5 Å². The third kappa shape index (κ3) is 3.52. The van der Waals surface area contributed by atoms with Crippen LogP contribution in [0.4, 0.5) is 0 Å². The van der Waals surface area contributed by atoms with Gasteiger partial charge in [-0.25, -0.2) is 0 Å². The van der Waals surface area contributed by atoms with Gasteiger partial charge in [0.25, 0.3) is 0 Å². The van der Waals surface area contributed by atoms with E-state index >= 15 is 0 Å². The van der Waals surface area contributed by atoms with E-state index in [-0.39, 0.29) is 6.61 Å². The minimum atomic E-state index is -0.996. The molecule has 2 N–H and O–H groups in total. The van der Waals surface area contributed by atoms with Crippen LogP contribution in [0.5, 0.6) is 17.2 Å². The number of hydrogen-bond donors (Lipinski definition) is 2. The van der Waals surface area contributed by atoms with E-state index in [1.165, 1.54) is 0 Å². The molecule has 0 aliphatic heterocycles. The molecule has 1 atom stereocenters. The highest BCUT2D eigenvalue weighted by atomic mass is 16.5. The lowest BCUT2D eigenvalue weighted by Crippen LogP contribution is -2.44. The van der Waals surface area contributed by atoms with Crippen LogP contribution in [-0.2, 0) is 0 Å². The Balaban J connectivity index is 3.12. The predicted molar refractivity (Wildman–Crippen MR) is 72.1 cm³/mol. The molecule has 0 heterocycles. The molecule has 1 rings (SSSR count). The minimum absolute atomic E-state index is 0.377. The predicted octanol–water partition coefficient (Wildman–Crippen LogP) is 1.52. The first-order valence-corrected chi connectivity index (χ1v) is 6.06. The first-order chi connectivity index (χ1) is 8.85. The van der Waals surface area contributed by atoms with Crippen LogP contribution in [0.1, 0.15) is 19.4 Å². The Kier molecular flexibility index (Phi) is 5.03. The maximum absolute atomic E-state index is 9.74. The number of ether oxygens (including phenoxy) is 3. The van der Waals surface area contributed by atoms with Crippen LogP contribution in [0, 0.1) is 6.92 Å². The molecule has 0 fully saturated rings. The smallest absolute Gasteiger partial charge is 0.165 e. The molecule has 0 unspecified atom stereocenters. The van der Waals surface area contributed by atoms with E-state index in [0.29, 0.717) is 17.2 Å². The molecule has 0 saturated heterocycles. The summed E-state index contributed by atoms with van der Waals surface area (Å²) in [6, 6.07) is 3.51. The SMILES string of the molecule is COc1cc(OC(C)(C)[C@@H](O)CO)c(OC)cc1C. The number of benzene rings is 1. The first kappa shape index (κ1) is 15.6. The fourth-order valence-corrected chi connectivity index (χ4v) is 1.67. The fraction of sp³-hybridized carbons (Fsp3) is 0.571. The summed E-state index contributed by atoms with van der Waals surface area (Å²) < 4.78 is 16.3. The maximum Gasteiger partial charge on any atom is 0.165 e. The molecule has 0 saturated carbocycles. The maximum atomic E-state index is 9.74. The van der Waals surface area contributed by atoms with Crippen molar-refractivity contribution >= 4 is 0 Å². The van der Waals surface area contributed by atoms with Crippen LogP contribution in [-0.4, -0.2) is 42.7 Å². The molecular weight excluding hydrogens is 248 g/mol. The molecule has 19 heavy (non-hydrogen) atoms. The number of aryl methyl sites for hydroxylation is 1. The number of aliphatic hydroxyl groups is 2. The summed E-state index contributed by atoms with van der Waals surface area (Å²) in [5.74, 6) is 1.68. The zero-order valence-electron chi connectivity index (χ0n) is 12.1. The van der Waals surface area contributed by atoms with Crippen molar-refractivity contribution in [3.63, 3.8) is 0 Å². The van der Waals surface area contributed by atoms with Crippen LogP contribution in [0.25, 0.3) is 0 Å². The van der Waals surface area contributed by atoms with Crippen molar-refractivity contribution in [2.75, 3.05) is 20.8 Å². The summed E-state index contributed by atoms with van der Waals surface area (Å²) in [4.78, 5) is 0. The molecule has 0 aliphatic carbocycles. The first-order valence-electron chi connectivity index (χ1n) is 6.06. The monoisotopic (exact) mass is 270 g/mol. The Morgan fingerprint density at radius 2 is 1.68 bits per heavy atom. The molecule has 0 spiro atoms. The molecule has 0 aromatic heterocycles. The summed E-state index contributed by atoms with van der Waals surface area (Å²) in [6.45, 7) is 4.91. The van der Waals surface area contributed by atoms with Crippen molar-refractivity contribution in [2.24, 2.45) is 0 Å². The summed E-state index contributed by atoms with van der Waals surface area (Å²) in [5, 5.41) is 18.8. The van der Waals surface area contributed by atoms with Crippen LogP contribution in [0.2, 0.25) is 0 Å². The molecule has 5 nitrogen and oxygen atoms in total. The van der Waals surface area contributed by atoms with Gasteiger partial charge in [-0.3, -0.25) is 0 Å². The highest BCUT2D eigenvalue weighted by molar-refractivity contribution is 5.50. The van der Waals surface area contributed by atoms with E-state index in [9.17, 15) is 5.11 Å².